The van der Waals surface area contributed by atoms with E-state index in [0.717, 1.165) is 39.3 Å². The highest BCUT2D eigenvalue weighted by atomic mass is 15.3. The summed E-state index contributed by atoms with van der Waals surface area (Å²) in [7, 11) is 0. The Morgan fingerprint density at radius 3 is 2.33 bits per heavy atom. The van der Waals surface area contributed by atoms with Crippen molar-refractivity contribution < 1.29 is 0 Å². The molecule has 5 nitrogen and oxygen atoms in total. The van der Waals surface area contributed by atoms with Crippen molar-refractivity contribution in [2.24, 2.45) is 5.73 Å². The fraction of sp³-hybridized carbons (Fsp3) is 0.812. The molecular formula is C16H33N5. The van der Waals surface area contributed by atoms with Crippen LogP contribution >= 0.6 is 0 Å². The zero-order valence-corrected chi connectivity index (χ0v) is 14.3. The summed E-state index contributed by atoms with van der Waals surface area (Å²) in [5, 5.41) is 4.38. The number of aromatic nitrogens is 2. The molecule has 0 aliphatic carbocycles. The lowest BCUT2D eigenvalue weighted by Crippen LogP contribution is -2.36. The average Bonchev–Trinajstić information content (AvgIpc) is 2.99. The molecule has 1 aromatic rings. The van der Waals surface area contributed by atoms with Crippen molar-refractivity contribution in [3.8, 4) is 0 Å². The lowest BCUT2D eigenvalue weighted by atomic mass is 10.1. The Bertz CT molecular complexity index is 372. The number of nitrogens with two attached hydrogens (primary N) is 1. The molecule has 0 aromatic carbocycles. The molecule has 0 aliphatic rings. The van der Waals surface area contributed by atoms with Gasteiger partial charge in [-0.15, -0.1) is 0 Å². The third-order valence-electron chi connectivity index (χ3n) is 4.25. The van der Waals surface area contributed by atoms with Gasteiger partial charge in [-0.05, 0) is 39.5 Å². The summed E-state index contributed by atoms with van der Waals surface area (Å²) in [6.07, 6.45) is 5.28. The van der Waals surface area contributed by atoms with Gasteiger partial charge in [-0.2, -0.15) is 5.10 Å². The Morgan fingerprint density at radius 2 is 1.86 bits per heavy atom. The minimum Gasteiger partial charge on any atom is -0.329 e. The lowest BCUT2D eigenvalue weighted by molar-refractivity contribution is 0.193. The van der Waals surface area contributed by atoms with E-state index in [4.69, 9.17) is 5.73 Å². The van der Waals surface area contributed by atoms with Crippen LogP contribution in [-0.2, 0) is 6.54 Å². The second-order valence-corrected chi connectivity index (χ2v) is 5.39. The molecule has 0 radical (unpaired) electrons. The summed E-state index contributed by atoms with van der Waals surface area (Å²) in [5.41, 5.74) is 7.27. The Morgan fingerprint density at radius 1 is 1.14 bits per heavy atom. The van der Waals surface area contributed by atoms with Crippen LogP contribution in [-0.4, -0.2) is 58.8 Å². The molecule has 1 unspecified atom stereocenters. The molecule has 21 heavy (non-hydrogen) atoms. The number of likely N-dealkylation sites (N-methyl/N-ethyl adjacent to an activating group) is 1. The summed E-state index contributed by atoms with van der Waals surface area (Å²) in [4.78, 5) is 4.95. The van der Waals surface area contributed by atoms with Crippen molar-refractivity contribution in [3.05, 3.63) is 18.0 Å². The SMILES string of the molecule is CCN(CC)CCCN(CC)C(CN)c1cnn(CC)c1. The second-order valence-electron chi connectivity index (χ2n) is 5.39. The van der Waals surface area contributed by atoms with E-state index in [1.807, 2.05) is 10.9 Å². The first-order valence-electron chi connectivity index (χ1n) is 8.38. The van der Waals surface area contributed by atoms with Gasteiger partial charge in [0.15, 0.2) is 0 Å². The molecule has 0 saturated heterocycles. The van der Waals surface area contributed by atoms with Crippen LogP contribution in [0.25, 0.3) is 0 Å². The maximum absolute atomic E-state index is 6.03. The van der Waals surface area contributed by atoms with Crippen molar-refractivity contribution in [1.82, 2.24) is 19.6 Å². The van der Waals surface area contributed by atoms with Crippen LogP contribution in [0.4, 0.5) is 0 Å². The van der Waals surface area contributed by atoms with Crippen molar-refractivity contribution >= 4 is 0 Å². The van der Waals surface area contributed by atoms with E-state index in [2.05, 4.69) is 48.8 Å². The molecule has 1 heterocycles. The standard InChI is InChI=1S/C16H33N5/c1-5-19(6-2)10-9-11-20(7-3)16(12-17)15-13-18-21(8-4)14-15/h13-14,16H,5-12,17H2,1-4H3. The fourth-order valence-corrected chi connectivity index (χ4v) is 2.79. The molecule has 2 N–H and O–H groups in total. The van der Waals surface area contributed by atoms with Crippen LogP contribution in [0.1, 0.15) is 45.7 Å². The maximum Gasteiger partial charge on any atom is 0.0538 e. The van der Waals surface area contributed by atoms with E-state index in [0.29, 0.717) is 6.54 Å². The number of hydrogen-bond acceptors (Lipinski definition) is 4. The van der Waals surface area contributed by atoms with Gasteiger partial charge in [0.05, 0.1) is 12.2 Å². The zero-order valence-electron chi connectivity index (χ0n) is 14.3. The van der Waals surface area contributed by atoms with Crippen LogP contribution in [0, 0.1) is 0 Å². The summed E-state index contributed by atoms with van der Waals surface area (Å²) in [6, 6.07) is 0.284. The topological polar surface area (TPSA) is 50.3 Å². The minimum atomic E-state index is 0.284. The average molecular weight is 295 g/mol. The summed E-state index contributed by atoms with van der Waals surface area (Å²) in [6.45, 7) is 15.9. The van der Waals surface area contributed by atoms with Gasteiger partial charge >= 0.3 is 0 Å². The fourth-order valence-electron chi connectivity index (χ4n) is 2.79. The van der Waals surface area contributed by atoms with Crippen molar-refractivity contribution in [2.45, 2.75) is 46.7 Å². The quantitative estimate of drug-likeness (QED) is 0.678. The van der Waals surface area contributed by atoms with Gasteiger partial charge in [0, 0.05) is 31.4 Å². The number of aryl methyl sites for hydroxylation is 1. The minimum absolute atomic E-state index is 0.284. The van der Waals surface area contributed by atoms with E-state index in [1.165, 1.54) is 12.0 Å². The first-order chi connectivity index (χ1) is 10.2. The van der Waals surface area contributed by atoms with Crippen LogP contribution < -0.4 is 5.73 Å². The van der Waals surface area contributed by atoms with Gasteiger partial charge in [-0.3, -0.25) is 9.58 Å². The van der Waals surface area contributed by atoms with Gasteiger partial charge < -0.3 is 10.6 Å². The van der Waals surface area contributed by atoms with Gasteiger partial charge in [-0.25, -0.2) is 0 Å². The van der Waals surface area contributed by atoms with Crippen LogP contribution in [0.5, 0.6) is 0 Å². The molecule has 1 aromatic heterocycles. The van der Waals surface area contributed by atoms with Crippen LogP contribution in [0.15, 0.2) is 12.4 Å². The van der Waals surface area contributed by atoms with Gasteiger partial charge in [0.1, 0.15) is 0 Å². The first-order valence-corrected chi connectivity index (χ1v) is 8.38. The highest BCUT2D eigenvalue weighted by molar-refractivity contribution is 5.11. The predicted molar refractivity (Wildman–Crippen MR) is 89.3 cm³/mol. The van der Waals surface area contributed by atoms with E-state index < -0.39 is 0 Å². The lowest BCUT2D eigenvalue weighted by Gasteiger charge is -2.30. The number of nitrogens with zero attached hydrogens (tertiary/aromatic N) is 4. The first kappa shape index (κ1) is 18.1. The predicted octanol–water partition coefficient (Wildman–Crippen LogP) is 1.96. The molecule has 1 rings (SSSR count). The maximum atomic E-state index is 6.03. The Hall–Kier alpha value is -0.910. The summed E-state index contributed by atoms with van der Waals surface area (Å²) in [5.74, 6) is 0. The Balaban J connectivity index is 2.58. The van der Waals surface area contributed by atoms with Gasteiger partial charge in [0.25, 0.3) is 0 Å². The second kappa shape index (κ2) is 9.92. The largest absolute Gasteiger partial charge is 0.329 e. The number of rotatable bonds is 11. The molecule has 0 bridgehead atoms. The van der Waals surface area contributed by atoms with Crippen molar-refractivity contribution in [1.29, 1.82) is 0 Å². The van der Waals surface area contributed by atoms with Crippen molar-refractivity contribution in [2.75, 3.05) is 39.3 Å². The monoisotopic (exact) mass is 295 g/mol. The molecule has 122 valence electrons. The van der Waals surface area contributed by atoms with E-state index in [9.17, 15) is 0 Å². The van der Waals surface area contributed by atoms with Crippen LogP contribution in [0.2, 0.25) is 0 Å². The van der Waals surface area contributed by atoms with Crippen LogP contribution in [0.3, 0.4) is 0 Å². The highest BCUT2D eigenvalue weighted by Gasteiger charge is 2.19. The van der Waals surface area contributed by atoms with E-state index in [1.54, 1.807) is 0 Å². The van der Waals surface area contributed by atoms with Crippen molar-refractivity contribution in [3.63, 3.8) is 0 Å². The third kappa shape index (κ3) is 5.41. The molecule has 1 atom stereocenters. The molecule has 0 aliphatic heterocycles. The molecule has 0 spiro atoms. The highest BCUT2D eigenvalue weighted by Crippen LogP contribution is 2.19. The summed E-state index contributed by atoms with van der Waals surface area (Å²) >= 11 is 0. The molecular weight excluding hydrogens is 262 g/mol. The molecule has 0 fully saturated rings. The normalized spacial score (nSPS) is 13.3. The zero-order chi connectivity index (χ0) is 15.7. The smallest absolute Gasteiger partial charge is 0.0538 e. The Kier molecular flexibility index (Phi) is 8.57. The molecule has 5 heteroatoms. The molecule has 0 saturated carbocycles. The Labute approximate surface area is 130 Å². The van der Waals surface area contributed by atoms with Gasteiger partial charge in [0.2, 0.25) is 0 Å². The van der Waals surface area contributed by atoms with E-state index >= 15 is 0 Å². The third-order valence-corrected chi connectivity index (χ3v) is 4.25. The number of hydrogen-bond donors (Lipinski definition) is 1. The molecule has 0 amide bonds. The van der Waals surface area contributed by atoms with Gasteiger partial charge in [-0.1, -0.05) is 20.8 Å². The summed E-state index contributed by atoms with van der Waals surface area (Å²) < 4.78 is 1.97. The van der Waals surface area contributed by atoms with E-state index in [-0.39, 0.29) is 6.04 Å².